The molecule has 0 saturated carbocycles. The normalized spacial score (nSPS) is 10.9. The first kappa shape index (κ1) is 14.2. The summed E-state index contributed by atoms with van der Waals surface area (Å²) in [5.41, 5.74) is 3.81. The molecule has 0 aliphatic carbocycles. The summed E-state index contributed by atoms with van der Waals surface area (Å²) >= 11 is 0. The number of ether oxygens (including phenoxy) is 2. The lowest BCUT2D eigenvalue weighted by atomic mass is 10.1. The minimum Gasteiger partial charge on any atom is -0.493 e. The third-order valence-corrected chi connectivity index (χ3v) is 3.60. The van der Waals surface area contributed by atoms with E-state index in [-0.39, 0.29) is 5.56 Å². The van der Waals surface area contributed by atoms with Crippen LogP contribution in [0.15, 0.2) is 29.1 Å². The van der Waals surface area contributed by atoms with Crippen LogP contribution in [0.25, 0.3) is 16.8 Å². The Balaban J connectivity index is 2.31. The van der Waals surface area contributed by atoms with Crippen molar-refractivity contribution in [1.29, 1.82) is 0 Å². The molecule has 114 valence electrons. The Labute approximate surface area is 127 Å². The summed E-state index contributed by atoms with van der Waals surface area (Å²) in [4.78, 5) is 16.6. The smallest absolute Gasteiger partial charge is 0.272 e. The van der Waals surface area contributed by atoms with Crippen LogP contribution in [0.1, 0.15) is 11.4 Å². The maximum atomic E-state index is 12.1. The molecule has 0 radical (unpaired) electrons. The monoisotopic (exact) mass is 299 g/mol. The van der Waals surface area contributed by atoms with Crippen LogP contribution in [-0.2, 0) is 0 Å². The summed E-state index contributed by atoms with van der Waals surface area (Å²) in [6.07, 6.45) is 0. The van der Waals surface area contributed by atoms with E-state index in [9.17, 15) is 4.79 Å². The summed E-state index contributed by atoms with van der Waals surface area (Å²) in [6.45, 7) is 3.72. The van der Waals surface area contributed by atoms with Gasteiger partial charge in [-0.2, -0.15) is 0 Å². The molecule has 1 aromatic carbocycles. The van der Waals surface area contributed by atoms with Crippen LogP contribution in [0, 0.1) is 13.8 Å². The standard InChI is InChI=1S/C16H17N3O3/c1-9-7-14(20)19-16(17-9)15(10(2)18-19)11-5-6-12(21-3)13(8-11)22-4/h5-8,18H,1-4H3. The van der Waals surface area contributed by atoms with E-state index >= 15 is 0 Å². The molecule has 0 aliphatic heterocycles. The van der Waals surface area contributed by atoms with Gasteiger partial charge in [0.25, 0.3) is 5.56 Å². The number of benzene rings is 1. The second-order valence-electron chi connectivity index (χ2n) is 5.08. The molecule has 6 nitrogen and oxygen atoms in total. The Kier molecular flexibility index (Phi) is 3.36. The van der Waals surface area contributed by atoms with Gasteiger partial charge in [-0.1, -0.05) is 6.07 Å². The van der Waals surface area contributed by atoms with Crippen LogP contribution in [0.3, 0.4) is 0 Å². The van der Waals surface area contributed by atoms with Crippen LogP contribution in [0.5, 0.6) is 11.5 Å². The average molecular weight is 299 g/mol. The fraction of sp³-hybridized carbons (Fsp3) is 0.250. The zero-order chi connectivity index (χ0) is 15.9. The number of hydrogen-bond donors (Lipinski definition) is 1. The zero-order valence-electron chi connectivity index (χ0n) is 12.9. The highest BCUT2D eigenvalue weighted by Crippen LogP contribution is 2.34. The molecular formula is C16H17N3O3. The van der Waals surface area contributed by atoms with E-state index < -0.39 is 0 Å². The Morgan fingerprint density at radius 3 is 2.50 bits per heavy atom. The molecule has 3 aromatic rings. The number of hydrogen-bond acceptors (Lipinski definition) is 4. The summed E-state index contributed by atoms with van der Waals surface area (Å²) in [5, 5.41) is 3.06. The van der Waals surface area contributed by atoms with E-state index in [2.05, 4.69) is 10.1 Å². The fourth-order valence-corrected chi connectivity index (χ4v) is 2.60. The van der Waals surface area contributed by atoms with Crippen LogP contribution >= 0.6 is 0 Å². The first-order chi connectivity index (χ1) is 10.5. The predicted octanol–water partition coefficient (Wildman–Crippen LogP) is 2.32. The van der Waals surface area contributed by atoms with Gasteiger partial charge in [-0.15, -0.1) is 0 Å². The summed E-state index contributed by atoms with van der Waals surface area (Å²) in [5.74, 6) is 1.29. The van der Waals surface area contributed by atoms with E-state index in [4.69, 9.17) is 9.47 Å². The number of aromatic nitrogens is 3. The van der Waals surface area contributed by atoms with Crippen LogP contribution in [0.2, 0.25) is 0 Å². The first-order valence-electron chi connectivity index (χ1n) is 6.86. The molecule has 0 amide bonds. The van der Waals surface area contributed by atoms with Crippen LogP contribution in [0.4, 0.5) is 0 Å². The maximum absolute atomic E-state index is 12.1. The first-order valence-corrected chi connectivity index (χ1v) is 6.86. The van der Waals surface area contributed by atoms with Crippen molar-refractivity contribution in [2.75, 3.05) is 14.2 Å². The van der Waals surface area contributed by atoms with Gasteiger partial charge in [-0.05, 0) is 31.5 Å². The zero-order valence-corrected chi connectivity index (χ0v) is 12.9. The SMILES string of the molecule is COc1ccc(-c2c(C)[nH]n3c(=O)cc(C)nc23)cc1OC. The Hall–Kier alpha value is -2.76. The molecule has 0 saturated heterocycles. The molecule has 3 rings (SSSR count). The van der Waals surface area contributed by atoms with Crippen molar-refractivity contribution in [1.82, 2.24) is 14.6 Å². The van der Waals surface area contributed by atoms with Crippen molar-refractivity contribution in [3.63, 3.8) is 0 Å². The van der Waals surface area contributed by atoms with Gasteiger partial charge in [0.2, 0.25) is 0 Å². The van der Waals surface area contributed by atoms with Gasteiger partial charge < -0.3 is 9.47 Å². The van der Waals surface area contributed by atoms with E-state index in [1.807, 2.05) is 32.0 Å². The summed E-state index contributed by atoms with van der Waals surface area (Å²) in [6, 6.07) is 7.14. The second kappa shape index (κ2) is 5.22. The number of nitrogens with one attached hydrogen (secondary N) is 1. The molecule has 6 heteroatoms. The quantitative estimate of drug-likeness (QED) is 0.806. The van der Waals surface area contributed by atoms with Gasteiger partial charge in [0, 0.05) is 23.0 Å². The molecule has 1 N–H and O–H groups in total. The molecule has 0 spiro atoms. The summed E-state index contributed by atoms with van der Waals surface area (Å²) in [7, 11) is 3.19. The van der Waals surface area contributed by atoms with Gasteiger partial charge >= 0.3 is 0 Å². The topological polar surface area (TPSA) is 68.6 Å². The van der Waals surface area contributed by atoms with E-state index in [1.165, 1.54) is 10.6 Å². The largest absolute Gasteiger partial charge is 0.493 e. The van der Waals surface area contributed by atoms with Crippen molar-refractivity contribution < 1.29 is 9.47 Å². The van der Waals surface area contributed by atoms with Gasteiger partial charge in [0.15, 0.2) is 17.1 Å². The number of rotatable bonds is 3. The highest BCUT2D eigenvalue weighted by atomic mass is 16.5. The molecule has 0 atom stereocenters. The Morgan fingerprint density at radius 1 is 1.09 bits per heavy atom. The number of aryl methyl sites for hydroxylation is 2. The molecule has 22 heavy (non-hydrogen) atoms. The number of fused-ring (bicyclic) bond motifs is 1. The maximum Gasteiger partial charge on any atom is 0.272 e. The number of nitrogens with zero attached hydrogens (tertiary/aromatic N) is 2. The lowest BCUT2D eigenvalue weighted by Crippen LogP contribution is -2.14. The number of H-pyrrole nitrogens is 1. The highest BCUT2D eigenvalue weighted by Gasteiger charge is 2.15. The van der Waals surface area contributed by atoms with Gasteiger partial charge in [0.05, 0.1) is 14.2 Å². The average Bonchev–Trinajstić information content (AvgIpc) is 2.83. The molecule has 0 bridgehead atoms. The fourth-order valence-electron chi connectivity index (χ4n) is 2.60. The van der Waals surface area contributed by atoms with E-state index in [1.54, 1.807) is 14.2 Å². The molecule has 2 heterocycles. The molecule has 0 fully saturated rings. The minimum absolute atomic E-state index is 0.127. The third-order valence-electron chi connectivity index (χ3n) is 3.60. The van der Waals surface area contributed by atoms with Crippen molar-refractivity contribution in [2.24, 2.45) is 0 Å². The van der Waals surface area contributed by atoms with Crippen LogP contribution in [-0.4, -0.2) is 28.8 Å². The Morgan fingerprint density at radius 2 is 1.82 bits per heavy atom. The van der Waals surface area contributed by atoms with Crippen molar-refractivity contribution in [3.8, 4) is 22.6 Å². The number of methoxy groups -OCH3 is 2. The lowest BCUT2D eigenvalue weighted by molar-refractivity contribution is 0.355. The minimum atomic E-state index is -0.127. The van der Waals surface area contributed by atoms with Gasteiger partial charge in [-0.3, -0.25) is 9.89 Å². The van der Waals surface area contributed by atoms with Gasteiger partial charge in [0.1, 0.15) is 0 Å². The lowest BCUT2D eigenvalue weighted by Gasteiger charge is -2.09. The second-order valence-corrected chi connectivity index (χ2v) is 5.08. The van der Waals surface area contributed by atoms with E-state index in [0.29, 0.717) is 22.8 Å². The van der Waals surface area contributed by atoms with Crippen molar-refractivity contribution in [2.45, 2.75) is 13.8 Å². The summed E-state index contributed by atoms with van der Waals surface area (Å²) < 4.78 is 12.1. The Bertz CT molecular complexity index is 909. The van der Waals surface area contributed by atoms with Crippen molar-refractivity contribution >= 4 is 5.65 Å². The number of aromatic amines is 1. The van der Waals surface area contributed by atoms with Crippen molar-refractivity contribution in [3.05, 3.63) is 46.0 Å². The van der Waals surface area contributed by atoms with Crippen LogP contribution < -0.4 is 15.0 Å². The molecular weight excluding hydrogens is 282 g/mol. The molecule has 2 aromatic heterocycles. The predicted molar refractivity (Wildman–Crippen MR) is 83.8 cm³/mol. The van der Waals surface area contributed by atoms with E-state index in [0.717, 1.165) is 16.8 Å². The third kappa shape index (κ3) is 2.13. The molecule has 0 unspecified atom stereocenters. The highest BCUT2D eigenvalue weighted by molar-refractivity contribution is 5.81. The molecule has 0 aliphatic rings. The van der Waals surface area contributed by atoms with Gasteiger partial charge in [-0.25, -0.2) is 9.50 Å².